The minimum atomic E-state index is -1.06. The first kappa shape index (κ1) is 18.4. The molecule has 0 bridgehead atoms. The average Bonchev–Trinajstić information content (AvgIpc) is 2.83. The van der Waals surface area contributed by atoms with E-state index in [1.165, 1.54) is 4.90 Å². The molecule has 1 amide bonds. The summed E-state index contributed by atoms with van der Waals surface area (Å²) in [6.07, 6.45) is 3.02. The number of carboxylic acid groups (broad SMARTS) is 1. The van der Waals surface area contributed by atoms with Crippen molar-refractivity contribution in [1.29, 1.82) is 0 Å². The summed E-state index contributed by atoms with van der Waals surface area (Å²) in [7, 11) is 0. The van der Waals surface area contributed by atoms with E-state index in [1.807, 2.05) is 6.92 Å². The van der Waals surface area contributed by atoms with E-state index in [2.05, 4.69) is 0 Å². The fourth-order valence-electron chi connectivity index (χ4n) is 2.37. The van der Waals surface area contributed by atoms with E-state index in [9.17, 15) is 19.5 Å². The highest BCUT2D eigenvalue weighted by Crippen LogP contribution is 2.35. The maximum atomic E-state index is 12.6. The number of thioether (sulfide) groups is 1. The molecule has 5 nitrogen and oxygen atoms in total. The first-order valence-electron chi connectivity index (χ1n) is 7.44. The van der Waals surface area contributed by atoms with Crippen LogP contribution >= 0.6 is 24.0 Å². The second-order valence-electron chi connectivity index (χ2n) is 5.50. The predicted octanol–water partition coefficient (Wildman–Crippen LogP) is 3.20. The van der Waals surface area contributed by atoms with Crippen LogP contribution in [0.5, 0.6) is 0 Å². The summed E-state index contributed by atoms with van der Waals surface area (Å²) in [5.74, 6) is -1.66. The van der Waals surface area contributed by atoms with Crippen LogP contribution in [0.1, 0.15) is 36.2 Å². The third-order valence-electron chi connectivity index (χ3n) is 3.91. The topological polar surface area (TPSA) is 74.7 Å². The molecule has 0 unspecified atom stereocenters. The van der Waals surface area contributed by atoms with E-state index >= 15 is 0 Å². The highest BCUT2D eigenvalue weighted by atomic mass is 32.2. The first-order valence-corrected chi connectivity index (χ1v) is 8.66. The molecule has 0 saturated carbocycles. The Labute approximate surface area is 149 Å². The Kier molecular flexibility index (Phi) is 5.90. The largest absolute Gasteiger partial charge is 0.480 e. The molecule has 2 atom stereocenters. The van der Waals surface area contributed by atoms with Gasteiger partial charge in [-0.25, -0.2) is 4.79 Å². The van der Waals surface area contributed by atoms with Crippen molar-refractivity contribution in [3.63, 3.8) is 0 Å². The molecule has 0 aliphatic carbocycles. The molecule has 0 radical (unpaired) electrons. The SMILES string of the molecule is CC[C@H](C)[C@@H](C(=O)O)N1C(=O)/C(=C/c2ccc(C=O)cc2)SC1=S. The van der Waals surface area contributed by atoms with Crippen molar-refractivity contribution >= 4 is 52.5 Å². The number of carboxylic acids is 1. The van der Waals surface area contributed by atoms with Crippen LogP contribution in [-0.4, -0.2) is 38.5 Å². The number of aldehydes is 1. The van der Waals surface area contributed by atoms with Crippen molar-refractivity contribution in [2.45, 2.75) is 26.3 Å². The summed E-state index contributed by atoms with van der Waals surface area (Å²) < 4.78 is 0.253. The highest BCUT2D eigenvalue weighted by molar-refractivity contribution is 8.26. The highest BCUT2D eigenvalue weighted by Gasteiger charge is 2.42. The maximum absolute atomic E-state index is 12.6. The van der Waals surface area contributed by atoms with Gasteiger partial charge in [-0.2, -0.15) is 0 Å². The summed E-state index contributed by atoms with van der Waals surface area (Å²) in [6.45, 7) is 3.67. The molecular weight excluding hydrogens is 346 g/mol. The van der Waals surface area contributed by atoms with Crippen molar-refractivity contribution in [3.05, 3.63) is 40.3 Å². The van der Waals surface area contributed by atoms with Crippen LogP contribution in [0.3, 0.4) is 0 Å². The van der Waals surface area contributed by atoms with Gasteiger partial charge < -0.3 is 5.11 Å². The van der Waals surface area contributed by atoms with Gasteiger partial charge in [0.25, 0.3) is 5.91 Å². The van der Waals surface area contributed by atoms with Gasteiger partial charge in [0.15, 0.2) is 0 Å². The van der Waals surface area contributed by atoms with Crippen molar-refractivity contribution in [1.82, 2.24) is 4.90 Å². The van der Waals surface area contributed by atoms with Crippen LogP contribution in [0, 0.1) is 5.92 Å². The van der Waals surface area contributed by atoms with Gasteiger partial charge in [0.2, 0.25) is 0 Å². The molecule has 1 aliphatic heterocycles. The van der Waals surface area contributed by atoms with E-state index in [4.69, 9.17) is 12.2 Å². The third-order valence-corrected chi connectivity index (χ3v) is 5.24. The van der Waals surface area contributed by atoms with Gasteiger partial charge in [0, 0.05) is 5.56 Å². The predicted molar refractivity (Wildman–Crippen MR) is 97.7 cm³/mol. The molecule has 1 N–H and O–H groups in total. The van der Waals surface area contributed by atoms with E-state index < -0.39 is 17.9 Å². The normalized spacial score (nSPS) is 18.8. The Morgan fingerprint density at radius 2 is 1.92 bits per heavy atom. The zero-order valence-electron chi connectivity index (χ0n) is 13.3. The van der Waals surface area contributed by atoms with Crippen molar-refractivity contribution < 1.29 is 19.5 Å². The quantitative estimate of drug-likeness (QED) is 0.475. The summed E-state index contributed by atoms with van der Waals surface area (Å²) in [5, 5.41) is 9.49. The molecule has 1 aliphatic rings. The van der Waals surface area contributed by atoms with Gasteiger partial charge in [-0.05, 0) is 17.6 Å². The molecule has 1 aromatic carbocycles. The number of aliphatic carboxylic acids is 1. The third kappa shape index (κ3) is 3.73. The number of carbonyl (C=O) groups is 3. The van der Waals surface area contributed by atoms with E-state index in [0.717, 1.165) is 23.6 Å². The Hall–Kier alpha value is -1.99. The summed E-state index contributed by atoms with van der Waals surface area (Å²) in [5.41, 5.74) is 1.29. The van der Waals surface area contributed by atoms with E-state index in [1.54, 1.807) is 37.3 Å². The smallest absolute Gasteiger partial charge is 0.327 e. The Balaban J connectivity index is 2.31. The van der Waals surface area contributed by atoms with Crippen molar-refractivity contribution in [2.24, 2.45) is 5.92 Å². The van der Waals surface area contributed by atoms with Crippen molar-refractivity contribution in [3.8, 4) is 0 Å². The van der Waals surface area contributed by atoms with Gasteiger partial charge in [-0.15, -0.1) is 0 Å². The minimum absolute atomic E-state index is 0.212. The molecule has 2 rings (SSSR count). The van der Waals surface area contributed by atoms with Crippen LogP contribution in [0.25, 0.3) is 6.08 Å². The number of hydrogen-bond donors (Lipinski definition) is 1. The summed E-state index contributed by atoms with van der Waals surface area (Å²) in [4.78, 5) is 36.5. The first-order chi connectivity index (χ1) is 11.4. The summed E-state index contributed by atoms with van der Waals surface area (Å²) in [6, 6.07) is 5.78. The number of hydrogen-bond acceptors (Lipinski definition) is 5. The number of nitrogens with zero attached hydrogens (tertiary/aromatic N) is 1. The van der Waals surface area contributed by atoms with E-state index in [0.29, 0.717) is 16.9 Å². The van der Waals surface area contributed by atoms with Gasteiger partial charge in [-0.1, -0.05) is 68.5 Å². The molecule has 126 valence electrons. The maximum Gasteiger partial charge on any atom is 0.327 e. The molecule has 1 saturated heterocycles. The van der Waals surface area contributed by atoms with Crippen LogP contribution < -0.4 is 0 Å². The van der Waals surface area contributed by atoms with Gasteiger partial charge in [0.1, 0.15) is 16.6 Å². The number of benzene rings is 1. The Morgan fingerprint density at radius 1 is 1.33 bits per heavy atom. The minimum Gasteiger partial charge on any atom is -0.480 e. The fourth-order valence-corrected chi connectivity index (χ4v) is 3.70. The zero-order chi connectivity index (χ0) is 17.9. The molecular formula is C17H17NO4S2. The lowest BCUT2D eigenvalue weighted by atomic mass is 9.98. The van der Waals surface area contributed by atoms with Crippen LogP contribution in [0.4, 0.5) is 0 Å². The number of thiocarbonyl (C=S) groups is 1. The van der Waals surface area contributed by atoms with Crippen LogP contribution in [-0.2, 0) is 9.59 Å². The molecule has 24 heavy (non-hydrogen) atoms. The lowest BCUT2D eigenvalue weighted by Gasteiger charge is -2.27. The molecule has 0 spiro atoms. The molecule has 7 heteroatoms. The van der Waals surface area contributed by atoms with Crippen molar-refractivity contribution in [2.75, 3.05) is 0 Å². The standard InChI is InChI=1S/C17H17NO4S2/c1-3-10(2)14(16(21)22)18-15(20)13(24-17(18)23)8-11-4-6-12(9-19)7-5-11/h4-10,14H,3H2,1-2H3,(H,21,22)/b13-8-/t10-,14-/m0/s1. The summed E-state index contributed by atoms with van der Waals surface area (Å²) >= 11 is 6.33. The Bertz CT molecular complexity index is 712. The lowest BCUT2D eigenvalue weighted by molar-refractivity contribution is -0.147. The number of carbonyl (C=O) groups excluding carboxylic acids is 2. The molecule has 1 heterocycles. The second kappa shape index (κ2) is 7.72. The van der Waals surface area contributed by atoms with Crippen LogP contribution in [0.15, 0.2) is 29.2 Å². The zero-order valence-corrected chi connectivity index (χ0v) is 14.9. The van der Waals surface area contributed by atoms with Gasteiger partial charge in [-0.3, -0.25) is 14.5 Å². The molecule has 1 fully saturated rings. The lowest BCUT2D eigenvalue weighted by Crippen LogP contribution is -2.47. The average molecular weight is 363 g/mol. The van der Waals surface area contributed by atoms with Crippen LogP contribution in [0.2, 0.25) is 0 Å². The monoisotopic (exact) mass is 363 g/mol. The second-order valence-corrected chi connectivity index (χ2v) is 7.18. The molecule has 1 aromatic rings. The van der Waals surface area contributed by atoms with Gasteiger partial charge >= 0.3 is 5.97 Å². The van der Waals surface area contributed by atoms with E-state index in [-0.39, 0.29) is 10.2 Å². The van der Waals surface area contributed by atoms with Gasteiger partial charge in [0.05, 0.1) is 4.91 Å². The Morgan fingerprint density at radius 3 is 2.42 bits per heavy atom. The molecule has 0 aromatic heterocycles. The number of rotatable bonds is 6. The fraction of sp³-hybridized carbons (Fsp3) is 0.294. The number of amides is 1.